The van der Waals surface area contributed by atoms with Gasteiger partial charge in [0.15, 0.2) is 0 Å². The molecule has 0 amide bonds. The van der Waals surface area contributed by atoms with E-state index in [0.29, 0.717) is 17.1 Å². The van der Waals surface area contributed by atoms with Gasteiger partial charge in [-0.1, -0.05) is 24.3 Å². The van der Waals surface area contributed by atoms with E-state index in [1.807, 2.05) is 12.1 Å². The van der Waals surface area contributed by atoms with Crippen LogP contribution in [0.2, 0.25) is 0 Å². The van der Waals surface area contributed by atoms with Crippen LogP contribution >= 0.6 is 11.8 Å². The molecule has 2 aromatic rings. The molecule has 19 heavy (non-hydrogen) atoms. The summed E-state index contributed by atoms with van der Waals surface area (Å²) in [5.74, 6) is 0.667. The lowest BCUT2D eigenvalue weighted by atomic mass is 10.1. The number of halogens is 1. The third-order valence-electron chi connectivity index (χ3n) is 2.70. The van der Waals surface area contributed by atoms with Gasteiger partial charge in [0.25, 0.3) is 0 Å². The molecule has 0 saturated heterocycles. The number of nitrogens with two attached hydrogens (primary N) is 1. The fourth-order valence-corrected chi connectivity index (χ4v) is 2.70. The summed E-state index contributed by atoms with van der Waals surface area (Å²) in [6, 6.07) is 13.7. The van der Waals surface area contributed by atoms with Gasteiger partial charge >= 0.3 is 0 Å². The maximum atomic E-state index is 13.4. The minimum atomic E-state index is -0.211. The fraction of sp³-hybridized carbons (Fsp3) is 0.200. The van der Waals surface area contributed by atoms with Crippen molar-refractivity contribution in [3.05, 3.63) is 59.9 Å². The number of thioether (sulfide) groups is 1. The monoisotopic (exact) mass is 277 g/mol. The Morgan fingerprint density at radius 1 is 1.16 bits per heavy atom. The number of phenols is 1. The average Bonchev–Trinajstić information content (AvgIpc) is 2.38. The van der Waals surface area contributed by atoms with Crippen LogP contribution in [0.15, 0.2) is 53.4 Å². The number of hydrogen-bond donors (Lipinski definition) is 2. The highest BCUT2D eigenvalue weighted by molar-refractivity contribution is 7.99. The molecule has 4 heteroatoms. The van der Waals surface area contributed by atoms with Crippen LogP contribution in [-0.4, -0.2) is 16.9 Å². The molecule has 0 saturated carbocycles. The van der Waals surface area contributed by atoms with Crippen LogP contribution in [0.5, 0.6) is 5.75 Å². The number of hydrogen-bond acceptors (Lipinski definition) is 3. The second-order valence-electron chi connectivity index (χ2n) is 4.38. The quantitative estimate of drug-likeness (QED) is 0.825. The maximum absolute atomic E-state index is 13.4. The molecule has 0 fully saturated rings. The zero-order chi connectivity index (χ0) is 13.7. The standard InChI is InChI=1S/C15H16FNOS/c16-14-6-1-2-7-15(14)19-10-12(17)8-11-4-3-5-13(18)9-11/h1-7,9,12,18H,8,10,17H2. The second kappa shape index (κ2) is 6.59. The number of phenolic OH excluding ortho intramolecular Hbond substituents is 1. The van der Waals surface area contributed by atoms with Crippen molar-refractivity contribution in [2.45, 2.75) is 17.4 Å². The molecule has 2 nitrogen and oxygen atoms in total. The zero-order valence-corrected chi connectivity index (χ0v) is 11.2. The van der Waals surface area contributed by atoms with Gasteiger partial charge in [-0.2, -0.15) is 0 Å². The third kappa shape index (κ3) is 4.26. The van der Waals surface area contributed by atoms with Gasteiger partial charge < -0.3 is 10.8 Å². The molecule has 0 aliphatic carbocycles. The van der Waals surface area contributed by atoms with E-state index in [1.54, 1.807) is 30.3 Å². The van der Waals surface area contributed by atoms with E-state index in [0.717, 1.165) is 5.56 Å². The van der Waals surface area contributed by atoms with Crippen LogP contribution < -0.4 is 5.73 Å². The summed E-state index contributed by atoms with van der Waals surface area (Å²) in [7, 11) is 0. The highest BCUT2D eigenvalue weighted by atomic mass is 32.2. The van der Waals surface area contributed by atoms with Gasteiger partial charge in [0.2, 0.25) is 0 Å². The lowest BCUT2D eigenvalue weighted by molar-refractivity contribution is 0.474. The summed E-state index contributed by atoms with van der Waals surface area (Å²) in [6.07, 6.45) is 0.663. The van der Waals surface area contributed by atoms with Crippen LogP contribution in [0.25, 0.3) is 0 Å². The molecule has 0 radical (unpaired) electrons. The Balaban J connectivity index is 1.88. The van der Waals surface area contributed by atoms with Crippen LogP contribution in [-0.2, 0) is 6.42 Å². The van der Waals surface area contributed by atoms with E-state index in [2.05, 4.69) is 0 Å². The first-order valence-electron chi connectivity index (χ1n) is 6.06. The lowest BCUT2D eigenvalue weighted by Gasteiger charge is -2.11. The molecule has 0 aliphatic rings. The maximum Gasteiger partial charge on any atom is 0.136 e. The lowest BCUT2D eigenvalue weighted by Crippen LogP contribution is -2.25. The van der Waals surface area contributed by atoms with Crippen molar-refractivity contribution in [3.8, 4) is 5.75 Å². The molecule has 1 unspecified atom stereocenters. The first kappa shape index (κ1) is 13.9. The smallest absolute Gasteiger partial charge is 0.136 e. The van der Waals surface area contributed by atoms with E-state index in [4.69, 9.17) is 5.73 Å². The molecule has 3 N–H and O–H groups in total. The van der Waals surface area contributed by atoms with Crippen molar-refractivity contribution < 1.29 is 9.50 Å². The van der Waals surface area contributed by atoms with Gasteiger partial charge in [-0.3, -0.25) is 0 Å². The molecule has 0 aliphatic heterocycles. The van der Waals surface area contributed by atoms with Crippen molar-refractivity contribution >= 4 is 11.8 Å². The molecule has 2 aromatic carbocycles. The van der Waals surface area contributed by atoms with Crippen molar-refractivity contribution in [1.29, 1.82) is 0 Å². The third-order valence-corrected chi connectivity index (χ3v) is 3.93. The van der Waals surface area contributed by atoms with Gasteiger partial charge in [0, 0.05) is 16.7 Å². The molecular formula is C15H16FNOS. The summed E-state index contributed by atoms with van der Waals surface area (Å²) in [5.41, 5.74) is 7.02. The van der Waals surface area contributed by atoms with Crippen LogP contribution in [0.3, 0.4) is 0 Å². The molecule has 100 valence electrons. The van der Waals surface area contributed by atoms with Crippen molar-refractivity contribution in [1.82, 2.24) is 0 Å². The number of aromatic hydroxyl groups is 1. The van der Waals surface area contributed by atoms with E-state index in [1.165, 1.54) is 17.8 Å². The fourth-order valence-electron chi connectivity index (χ4n) is 1.80. The Morgan fingerprint density at radius 3 is 2.68 bits per heavy atom. The summed E-state index contributed by atoms with van der Waals surface area (Å²) in [4.78, 5) is 0.619. The highest BCUT2D eigenvalue weighted by Crippen LogP contribution is 2.22. The Kier molecular flexibility index (Phi) is 4.82. The normalized spacial score (nSPS) is 12.3. The Bertz CT molecular complexity index is 547. The van der Waals surface area contributed by atoms with E-state index in [-0.39, 0.29) is 17.6 Å². The largest absolute Gasteiger partial charge is 0.508 e. The van der Waals surface area contributed by atoms with Crippen LogP contribution in [0.4, 0.5) is 4.39 Å². The molecular weight excluding hydrogens is 261 g/mol. The Morgan fingerprint density at radius 2 is 1.95 bits per heavy atom. The molecule has 0 spiro atoms. The molecule has 2 rings (SSSR count). The van der Waals surface area contributed by atoms with Crippen molar-refractivity contribution in [3.63, 3.8) is 0 Å². The Hall–Kier alpha value is -1.52. The van der Waals surface area contributed by atoms with Gasteiger partial charge in [0.1, 0.15) is 11.6 Å². The van der Waals surface area contributed by atoms with Gasteiger partial charge in [-0.25, -0.2) is 4.39 Å². The predicted octanol–water partition coefficient (Wildman–Crippen LogP) is 3.19. The first-order chi connectivity index (χ1) is 9.15. The summed E-state index contributed by atoms with van der Waals surface area (Å²) in [5, 5.41) is 9.37. The van der Waals surface area contributed by atoms with Crippen LogP contribution in [0.1, 0.15) is 5.56 Å². The summed E-state index contributed by atoms with van der Waals surface area (Å²) in [6.45, 7) is 0. The SMILES string of the molecule is NC(CSc1ccccc1F)Cc1cccc(O)c1. The summed E-state index contributed by atoms with van der Waals surface area (Å²) >= 11 is 1.42. The zero-order valence-electron chi connectivity index (χ0n) is 10.4. The minimum absolute atomic E-state index is 0.0774. The molecule has 0 aromatic heterocycles. The molecule has 0 heterocycles. The minimum Gasteiger partial charge on any atom is -0.508 e. The van der Waals surface area contributed by atoms with Gasteiger partial charge in [-0.15, -0.1) is 11.8 Å². The first-order valence-corrected chi connectivity index (χ1v) is 7.04. The Labute approximate surface area is 116 Å². The van der Waals surface area contributed by atoms with E-state index >= 15 is 0 Å². The molecule has 1 atom stereocenters. The van der Waals surface area contributed by atoms with Crippen LogP contribution in [0, 0.1) is 5.82 Å². The van der Waals surface area contributed by atoms with Crippen molar-refractivity contribution in [2.24, 2.45) is 5.73 Å². The number of benzene rings is 2. The highest BCUT2D eigenvalue weighted by Gasteiger charge is 2.08. The molecule has 0 bridgehead atoms. The van der Waals surface area contributed by atoms with E-state index in [9.17, 15) is 9.50 Å². The van der Waals surface area contributed by atoms with Crippen molar-refractivity contribution in [2.75, 3.05) is 5.75 Å². The topological polar surface area (TPSA) is 46.2 Å². The predicted molar refractivity (Wildman–Crippen MR) is 76.9 cm³/mol. The average molecular weight is 277 g/mol. The van der Waals surface area contributed by atoms with E-state index < -0.39 is 0 Å². The second-order valence-corrected chi connectivity index (χ2v) is 5.44. The number of rotatable bonds is 5. The van der Waals surface area contributed by atoms with Gasteiger partial charge in [-0.05, 0) is 36.2 Å². The van der Waals surface area contributed by atoms with Gasteiger partial charge in [0.05, 0.1) is 0 Å². The summed E-state index contributed by atoms with van der Waals surface area (Å²) < 4.78 is 13.4.